The number of imidazole rings is 1. The number of hydrogen-bond acceptors (Lipinski definition) is 6. The number of pyridine rings is 1. The zero-order chi connectivity index (χ0) is 17.6. The highest BCUT2D eigenvalue weighted by atomic mass is 16.5. The first-order chi connectivity index (χ1) is 12.3. The first-order valence-corrected chi connectivity index (χ1v) is 8.46. The van der Waals surface area contributed by atoms with Crippen LogP contribution in [-0.4, -0.2) is 48.5 Å². The third-order valence-corrected chi connectivity index (χ3v) is 4.61. The highest BCUT2D eigenvalue weighted by Gasteiger charge is 2.27. The van der Waals surface area contributed by atoms with Gasteiger partial charge in [-0.2, -0.15) is 5.26 Å². The molecule has 0 saturated carbocycles. The van der Waals surface area contributed by atoms with E-state index in [1.807, 2.05) is 18.5 Å². The number of hydrogen-bond donors (Lipinski definition) is 0. The molecule has 1 aliphatic rings. The molecule has 7 heteroatoms. The normalized spacial score (nSPS) is 17.3. The molecule has 1 saturated heterocycles. The topological polar surface area (TPSA) is 76.2 Å². The Hall–Kier alpha value is -2.59. The van der Waals surface area contributed by atoms with Gasteiger partial charge in [0, 0.05) is 51.3 Å². The Balaban J connectivity index is 1.83. The van der Waals surface area contributed by atoms with Gasteiger partial charge >= 0.3 is 0 Å². The molecule has 3 rings (SSSR count). The van der Waals surface area contributed by atoms with Gasteiger partial charge in [0.25, 0.3) is 0 Å². The standard InChI is InChI=1S/C18H23N5O2/c1-24-11-10-22-9-7-20-17(22)14-4-3-8-23(13-14)16-5-6-21-18(25-2)15(16)12-19/h5-7,9,14H,3-4,8,10-11,13H2,1-2H3/t14-/m1/s1. The first kappa shape index (κ1) is 17.2. The summed E-state index contributed by atoms with van der Waals surface area (Å²) in [6, 6.07) is 4.12. The fraction of sp³-hybridized carbons (Fsp3) is 0.500. The first-order valence-electron chi connectivity index (χ1n) is 8.46. The van der Waals surface area contributed by atoms with E-state index in [-0.39, 0.29) is 0 Å². The Labute approximate surface area is 147 Å². The predicted octanol–water partition coefficient (Wildman–Crippen LogP) is 2.19. The zero-order valence-electron chi connectivity index (χ0n) is 14.7. The van der Waals surface area contributed by atoms with E-state index in [0.717, 1.165) is 44.0 Å². The summed E-state index contributed by atoms with van der Waals surface area (Å²) >= 11 is 0. The Morgan fingerprint density at radius 3 is 2.96 bits per heavy atom. The molecule has 3 heterocycles. The summed E-state index contributed by atoms with van der Waals surface area (Å²) in [7, 11) is 3.25. The van der Waals surface area contributed by atoms with Crippen LogP contribution >= 0.6 is 0 Å². The average Bonchev–Trinajstić information content (AvgIpc) is 3.14. The van der Waals surface area contributed by atoms with Crippen molar-refractivity contribution in [3.05, 3.63) is 36.0 Å². The lowest BCUT2D eigenvalue weighted by molar-refractivity contribution is 0.185. The number of ether oxygens (including phenoxy) is 2. The molecule has 0 aromatic carbocycles. The van der Waals surface area contributed by atoms with Crippen molar-refractivity contribution in [2.24, 2.45) is 0 Å². The van der Waals surface area contributed by atoms with Crippen LogP contribution in [0.2, 0.25) is 0 Å². The molecule has 0 bridgehead atoms. The molecule has 2 aromatic rings. The number of nitrogens with zero attached hydrogens (tertiary/aromatic N) is 5. The number of anilines is 1. The molecule has 132 valence electrons. The van der Waals surface area contributed by atoms with E-state index in [2.05, 4.69) is 25.5 Å². The molecule has 1 atom stereocenters. The Morgan fingerprint density at radius 1 is 1.32 bits per heavy atom. The summed E-state index contributed by atoms with van der Waals surface area (Å²) in [5.74, 6) is 1.79. The molecule has 7 nitrogen and oxygen atoms in total. The second-order valence-corrected chi connectivity index (χ2v) is 6.08. The van der Waals surface area contributed by atoms with E-state index < -0.39 is 0 Å². The minimum absolute atomic E-state index is 0.325. The molecular formula is C18H23N5O2. The number of piperidine rings is 1. The summed E-state index contributed by atoms with van der Waals surface area (Å²) in [4.78, 5) is 11.0. The Kier molecular flexibility index (Phi) is 5.51. The molecule has 0 spiro atoms. The maximum absolute atomic E-state index is 9.53. The summed E-state index contributed by atoms with van der Waals surface area (Å²) in [6.45, 7) is 3.21. The van der Waals surface area contributed by atoms with Crippen molar-refractivity contribution in [1.82, 2.24) is 14.5 Å². The quantitative estimate of drug-likeness (QED) is 0.802. The lowest BCUT2D eigenvalue weighted by Crippen LogP contribution is -2.36. The van der Waals surface area contributed by atoms with E-state index in [1.54, 1.807) is 20.4 Å². The lowest BCUT2D eigenvalue weighted by Gasteiger charge is -2.34. The van der Waals surface area contributed by atoms with Crippen LogP contribution in [0.5, 0.6) is 5.88 Å². The fourth-order valence-corrected chi connectivity index (χ4v) is 3.42. The van der Waals surface area contributed by atoms with Gasteiger partial charge in [-0.05, 0) is 18.9 Å². The lowest BCUT2D eigenvalue weighted by atomic mass is 9.96. The molecule has 1 aliphatic heterocycles. The maximum atomic E-state index is 9.53. The van der Waals surface area contributed by atoms with Crippen molar-refractivity contribution in [1.29, 1.82) is 5.26 Å². The smallest absolute Gasteiger partial charge is 0.233 e. The highest BCUT2D eigenvalue weighted by molar-refractivity contribution is 5.63. The molecule has 0 amide bonds. The second kappa shape index (κ2) is 7.99. The van der Waals surface area contributed by atoms with Gasteiger partial charge in [-0.15, -0.1) is 0 Å². The van der Waals surface area contributed by atoms with Crippen molar-refractivity contribution >= 4 is 5.69 Å². The van der Waals surface area contributed by atoms with Gasteiger partial charge in [-0.25, -0.2) is 9.97 Å². The van der Waals surface area contributed by atoms with Crippen molar-refractivity contribution < 1.29 is 9.47 Å². The van der Waals surface area contributed by atoms with E-state index in [4.69, 9.17) is 9.47 Å². The van der Waals surface area contributed by atoms with E-state index in [9.17, 15) is 5.26 Å². The van der Waals surface area contributed by atoms with Crippen LogP contribution in [0.4, 0.5) is 5.69 Å². The van der Waals surface area contributed by atoms with Gasteiger partial charge in [0.15, 0.2) is 0 Å². The van der Waals surface area contributed by atoms with Crippen LogP contribution in [0.15, 0.2) is 24.7 Å². The largest absolute Gasteiger partial charge is 0.480 e. The summed E-state index contributed by atoms with van der Waals surface area (Å²) in [6.07, 6.45) is 7.68. The van der Waals surface area contributed by atoms with Gasteiger partial charge in [-0.1, -0.05) is 0 Å². The maximum Gasteiger partial charge on any atom is 0.233 e. The fourth-order valence-electron chi connectivity index (χ4n) is 3.42. The number of nitriles is 1. The van der Waals surface area contributed by atoms with Gasteiger partial charge in [0.1, 0.15) is 17.5 Å². The van der Waals surface area contributed by atoms with Crippen molar-refractivity contribution in [3.8, 4) is 11.9 Å². The molecule has 0 N–H and O–H groups in total. The van der Waals surface area contributed by atoms with Gasteiger partial charge in [-0.3, -0.25) is 0 Å². The Morgan fingerprint density at radius 2 is 2.20 bits per heavy atom. The molecule has 2 aromatic heterocycles. The SMILES string of the molecule is COCCn1ccnc1[C@@H]1CCCN(c2ccnc(OC)c2C#N)C1. The highest BCUT2D eigenvalue weighted by Crippen LogP contribution is 2.33. The number of aromatic nitrogens is 3. The monoisotopic (exact) mass is 341 g/mol. The molecular weight excluding hydrogens is 318 g/mol. The number of rotatable bonds is 6. The van der Waals surface area contributed by atoms with Gasteiger partial charge in [0.05, 0.1) is 19.4 Å². The van der Waals surface area contributed by atoms with Gasteiger partial charge < -0.3 is 18.9 Å². The molecule has 25 heavy (non-hydrogen) atoms. The third-order valence-electron chi connectivity index (χ3n) is 4.61. The van der Waals surface area contributed by atoms with Crippen molar-refractivity contribution in [3.63, 3.8) is 0 Å². The van der Waals surface area contributed by atoms with Crippen LogP contribution < -0.4 is 9.64 Å². The summed E-state index contributed by atoms with van der Waals surface area (Å²) in [5, 5.41) is 9.53. The minimum Gasteiger partial charge on any atom is -0.480 e. The van der Waals surface area contributed by atoms with Crippen molar-refractivity contribution in [2.75, 3.05) is 38.8 Å². The van der Waals surface area contributed by atoms with Crippen LogP contribution in [0.1, 0.15) is 30.1 Å². The molecule has 0 aliphatic carbocycles. The Bertz CT molecular complexity index is 752. The van der Waals surface area contributed by atoms with Crippen LogP contribution in [0, 0.1) is 11.3 Å². The van der Waals surface area contributed by atoms with Crippen LogP contribution in [0.25, 0.3) is 0 Å². The van der Waals surface area contributed by atoms with E-state index >= 15 is 0 Å². The second-order valence-electron chi connectivity index (χ2n) is 6.08. The third kappa shape index (κ3) is 3.59. The summed E-state index contributed by atoms with van der Waals surface area (Å²) in [5.41, 5.74) is 1.38. The van der Waals surface area contributed by atoms with Crippen LogP contribution in [0.3, 0.4) is 0 Å². The minimum atomic E-state index is 0.325. The molecule has 1 fully saturated rings. The van der Waals surface area contributed by atoms with Gasteiger partial charge in [0.2, 0.25) is 5.88 Å². The molecule has 0 unspecified atom stereocenters. The predicted molar refractivity (Wildman–Crippen MR) is 93.8 cm³/mol. The van der Waals surface area contributed by atoms with E-state index in [0.29, 0.717) is 24.0 Å². The van der Waals surface area contributed by atoms with Crippen molar-refractivity contribution in [2.45, 2.75) is 25.3 Å². The van der Waals surface area contributed by atoms with Crippen LogP contribution in [-0.2, 0) is 11.3 Å². The average molecular weight is 341 g/mol. The molecule has 0 radical (unpaired) electrons. The van der Waals surface area contributed by atoms with E-state index in [1.165, 1.54) is 0 Å². The number of methoxy groups -OCH3 is 2. The summed E-state index contributed by atoms with van der Waals surface area (Å²) < 4.78 is 12.6. The zero-order valence-corrected chi connectivity index (χ0v) is 14.7.